The van der Waals surface area contributed by atoms with E-state index in [1.165, 1.54) is 12.1 Å². The van der Waals surface area contributed by atoms with Gasteiger partial charge in [0.25, 0.3) is 5.69 Å². The summed E-state index contributed by atoms with van der Waals surface area (Å²) in [4.78, 5) is 9.92. The van der Waals surface area contributed by atoms with Gasteiger partial charge in [-0.3, -0.25) is 10.1 Å². The molecular formula is C7H7BrN2O2. The minimum absolute atomic E-state index is 0.0600. The lowest BCUT2D eigenvalue weighted by molar-refractivity contribution is -0.385. The molecule has 1 aromatic rings. The van der Waals surface area contributed by atoms with Gasteiger partial charge in [-0.1, -0.05) is 15.9 Å². The molecule has 0 bridgehead atoms. The van der Waals surface area contributed by atoms with Crippen molar-refractivity contribution in [1.29, 1.82) is 0 Å². The second-order valence-electron chi connectivity index (χ2n) is 2.28. The van der Waals surface area contributed by atoms with Crippen LogP contribution in [0.3, 0.4) is 0 Å². The summed E-state index contributed by atoms with van der Waals surface area (Å²) in [6, 6.07) is 4.66. The number of nitrogens with two attached hydrogens (primary N) is 1. The summed E-state index contributed by atoms with van der Waals surface area (Å²) < 4.78 is 0.678. The third-order valence-corrected chi connectivity index (χ3v) is 1.85. The van der Waals surface area contributed by atoms with Crippen molar-refractivity contribution in [3.05, 3.63) is 38.3 Å². The largest absolute Gasteiger partial charge is 0.326 e. The van der Waals surface area contributed by atoms with E-state index in [0.717, 1.165) is 5.56 Å². The Labute approximate surface area is 77.7 Å². The number of hydrogen-bond acceptors (Lipinski definition) is 3. The second kappa shape index (κ2) is 3.64. The number of rotatable bonds is 2. The van der Waals surface area contributed by atoms with Crippen LogP contribution in [0.25, 0.3) is 0 Å². The molecule has 2 N–H and O–H groups in total. The lowest BCUT2D eigenvalue weighted by atomic mass is 10.2. The van der Waals surface area contributed by atoms with Crippen molar-refractivity contribution in [3.8, 4) is 0 Å². The van der Waals surface area contributed by atoms with E-state index in [0.29, 0.717) is 11.0 Å². The van der Waals surface area contributed by atoms with Gasteiger partial charge in [0.15, 0.2) is 0 Å². The van der Waals surface area contributed by atoms with Crippen molar-refractivity contribution in [3.63, 3.8) is 0 Å². The third kappa shape index (κ3) is 2.02. The molecular weight excluding hydrogens is 224 g/mol. The molecule has 0 radical (unpaired) electrons. The summed E-state index contributed by atoms with van der Waals surface area (Å²) in [7, 11) is 0. The highest BCUT2D eigenvalue weighted by Gasteiger charge is 2.07. The summed E-state index contributed by atoms with van der Waals surface area (Å²) in [5.41, 5.74) is 6.15. The summed E-state index contributed by atoms with van der Waals surface area (Å²) in [6.07, 6.45) is 0. The minimum Gasteiger partial charge on any atom is -0.326 e. The molecule has 0 aliphatic heterocycles. The lowest BCUT2D eigenvalue weighted by Crippen LogP contribution is -1.97. The Hall–Kier alpha value is -0.940. The fraction of sp³-hybridized carbons (Fsp3) is 0.143. The van der Waals surface area contributed by atoms with Crippen LogP contribution in [0.15, 0.2) is 22.7 Å². The van der Waals surface area contributed by atoms with Gasteiger partial charge in [0.05, 0.1) is 4.92 Å². The molecule has 0 fully saturated rings. The molecule has 12 heavy (non-hydrogen) atoms. The Morgan fingerprint density at radius 3 is 2.67 bits per heavy atom. The van der Waals surface area contributed by atoms with Gasteiger partial charge in [-0.05, 0) is 11.6 Å². The first-order valence-corrected chi connectivity index (χ1v) is 4.06. The highest BCUT2D eigenvalue weighted by Crippen LogP contribution is 2.20. The van der Waals surface area contributed by atoms with E-state index in [1.807, 2.05) is 0 Å². The molecule has 0 unspecified atom stereocenters. The van der Waals surface area contributed by atoms with Gasteiger partial charge in [0.2, 0.25) is 0 Å². The number of hydrogen-bond donors (Lipinski definition) is 1. The zero-order chi connectivity index (χ0) is 9.14. The molecule has 0 amide bonds. The number of nitro groups is 1. The molecule has 64 valence electrons. The first kappa shape index (κ1) is 9.15. The molecule has 0 saturated carbocycles. The first-order valence-electron chi connectivity index (χ1n) is 3.27. The Bertz CT molecular complexity index is 314. The van der Waals surface area contributed by atoms with Crippen LogP contribution in [0.5, 0.6) is 0 Å². The van der Waals surface area contributed by atoms with Gasteiger partial charge < -0.3 is 5.73 Å². The standard InChI is InChI=1S/C7H7BrN2O2/c8-6-1-5(4-9)2-7(3-6)10(11)12/h1-3H,4,9H2. The highest BCUT2D eigenvalue weighted by atomic mass is 79.9. The lowest BCUT2D eigenvalue weighted by Gasteiger charge is -1.97. The SMILES string of the molecule is NCc1cc(Br)cc([N+](=O)[O-])c1. The molecule has 0 spiro atoms. The molecule has 0 saturated heterocycles. The van der Waals surface area contributed by atoms with E-state index in [1.54, 1.807) is 6.07 Å². The summed E-state index contributed by atoms with van der Waals surface area (Å²) >= 11 is 3.16. The predicted molar refractivity (Wildman–Crippen MR) is 48.7 cm³/mol. The van der Waals surface area contributed by atoms with Crippen LogP contribution < -0.4 is 5.73 Å². The summed E-state index contributed by atoms with van der Waals surface area (Å²) in [5, 5.41) is 10.4. The molecule has 0 atom stereocenters. The number of halogens is 1. The van der Waals surface area contributed by atoms with Gasteiger partial charge in [-0.15, -0.1) is 0 Å². The fourth-order valence-electron chi connectivity index (χ4n) is 0.857. The maximum atomic E-state index is 10.4. The number of nitro benzene ring substituents is 1. The zero-order valence-electron chi connectivity index (χ0n) is 6.16. The van der Waals surface area contributed by atoms with Crippen LogP contribution in [0.4, 0.5) is 5.69 Å². The van der Waals surface area contributed by atoms with Crippen molar-refractivity contribution in [2.24, 2.45) is 5.73 Å². The summed E-state index contributed by atoms with van der Waals surface area (Å²) in [5.74, 6) is 0. The Balaban J connectivity index is 3.15. The predicted octanol–water partition coefficient (Wildman–Crippen LogP) is 1.82. The zero-order valence-corrected chi connectivity index (χ0v) is 7.74. The van der Waals surface area contributed by atoms with E-state index < -0.39 is 4.92 Å². The second-order valence-corrected chi connectivity index (χ2v) is 3.19. The maximum Gasteiger partial charge on any atom is 0.270 e. The fourth-order valence-corrected chi connectivity index (χ4v) is 1.39. The minimum atomic E-state index is -0.441. The quantitative estimate of drug-likeness (QED) is 0.623. The highest BCUT2D eigenvalue weighted by molar-refractivity contribution is 9.10. The van der Waals surface area contributed by atoms with Crippen LogP contribution in [0.2, 0.25) is 0 Å². The van der Waals surface area contributed by atoms with E-state index in [2.05, 4.69) is 15.9 Å². The van der Waals surface area contributed by atoms with E-state index >= 15 is 0 Å². The maximum absolute atomic E-state index is 10.4. The van der Waals surface area contributed by atoms with Crippen LogP contribution in [-0.2, 0) is 6.54 Å². The molecule has 4 nitrogen and oxygen atoms in total. The Morgan fingerprint density at radius 1 is 1.50 bits per heavy atom. The third-order valence-electron chi connectivity index (χ3n) is 1.39. The topological polar surface area (TPSA) is 69.2 Å². The molecule has 5 heteroatoms. The molecule has 0 aliphatic carbocycles. The van der Waals surface area contributed by atoms with Crippen LogP contribution in [0, 0.1) is 10.1 Å². The smallest absolute Gasteiger partial charge is 0.270 e. The van der Waals surface area contributed by atoms with Gasteiger partial charge in [-0.2, -0.15) is 0 Å². The monoisotopic (exact) mass is 230 g/mol. The van der Waals surface area contributed by atoms with E-state index in [-0.39, 0.29) is 5.69 Å². The van der Waals surface area contributed by atoms with Crippen LogP contribution in [0.1, 0.15) is 5.56 Å². The molecule has 1 rings (SSSR count). The van der Waals surface area contributed by atoms with Crippen molar-refractivity contribution in [1.82, 2.24) is 0 Å². The van der Waals surface area contributed by atoms with Crippen molar-refractivity contribution in [2.45, 2.75) is 6.54 Å². The average molecular weight is 231 g/mol. The first-order chi connectivity index (χ1) is 5.63. The van der Waals surface area contributed by atoms with Crippen molar-refractivity contribution >= 4 is 21.6 Å². The Morgan fingerprint density at radius 2 is 2.17 bits per heavy atom. The number of non-ortho nitro benzene ring substituents is 1. The van der Waals surface area contributed by atoms with E-state index in [4.69, 9.17) is 5.73 Å². The van der Waals surface area contributed by atoms with Gasteiger partial charge in [-0.25, -0.2) is 0 Å². The molecule has 0 heterocycles. The summed E-state index contributed by atoms with van der Waals surface area (Å²) in [6.45, 7) is 0.306. The molecule has 0 aromatic heterocycles. The molecule has 0 aliphatic rings. The van der Waals surface area contributed by atoms with Crippen LogP contribution >= 0.6 is 15.9 Å². The number of nitrogens with zero attached hydrogens (tertiary/aromatic N) is 1. The van der Waals surface area contributed by atoms with Crippen molar-refractivity contribution < 1.29 is 4.92 Å². The van der Waals surface area contributed by atoms with Gasteiger partial charge in [0.1, 0.15) is 0 Å². The van der Waals surface area contributed by atoms with E-state index in [9.17, 15) is 10.1 Å². The Kier molecular flexibility index (Phi) is 2.78. The molecule has 1 aromatic carbocycles. The van der Waals surface area contributed by atoms with Gasteiger partial charge in [0, 0.05) is 23.2 Å². The average Bonchev–Trinajstić information content (AvgIpc) is 2.03. The van der Waals surface area contributed by atoms with Crippen LogP contribution in [-0.4, -0.2) is 4.92 Å². The normalized spacial score (nSPS) is 9.83. The number of benzene rings is 1. The van der Waals surface area contributed by atoms with Gasteiger partial charge >= 0.3 is 0 Å². The van der Waals surface area contributed by atoms with Crippen molar-refractivity contribution in [2.75, 3.05) is 0 Å².